The second-order valence-corrected chi connectivity index (χ2v) is 13.9. The van der Waals surface area contributed by atoms with E-state index in [0.717, 1.165) is 43.4 Å². The smallest absolute Gasteiger partial charge is 0.416 e. The second-order valence-electron chi connectivity index (χ2n) is 13.9. The van der Waals surface area contributed by atoms with Gasteiger partial charge in [0.25, 0.3) is 5.91 Å². The summed E-state index contributed by atoms with van der Waals surface area (Å²) in [5.41, 5.74) is -1.13. The van der Waals surface area contributed by atoms with Gasteiger partial charge in [-0.1, -0.05) is 18.2 Å². The molecule has 262 valence electrons. The Morgan fingerprint density at radius 1 is 0.896 bits per heavy atom. The Labute approximate surface area is 279 Å². The zero-order chi connectivity index (χ0) is 34.2. The fraction of sp³-hybridized carbons (Fsp3) is 0.611. The zero-order valence-corrected chi connectivity index (χ0v) is 27.6. The van der Waals surface area contributed by atoms with Gasteiger partial charge in [0.05, 0.1) is 24.7 Å². The number of halogens is 4. The van der Waals surface area contributed by atoms with E-state index in [9.17, 15) is 27.9 Å². The van der Waals surface area contributed by atoms with E-state index in [1.54, 1.807) is 31.3 Å². The minimum Gasteiger partial charge on any atom is -0.497 e. The molecule has 1 N–H and O–H groups in total. The lowest BCUT2D eigenvalue weighted by atomic mass is 9.85. The molecule has 48 heavy (non-hydrogen) atoms. The van der Waals surface area contributed by atoms with Crippen molar-refractivity contribution in [2.45, 2.75) is 80.8 Å². The van der Waals surface area contributed by atoms with Crippen LogP contribution in [0.5, 0.6) is 5.75 Å². The third-order valence-electron chi connectivity index (χ3n) is 11.2. The number of likely N-dealkylation sites (tertiary alicyclic amines) is 2. The number of methoxy groups -OCH3 is 2. The van der Waals surface area contributed by atoms with E-state index in [2.05, 4.69) is 4.90 Å². The van der Waals surface area contributed by atoms with E-state index in [-0.39, 0.29) is 31.2 Å². The molecular formula is C36H45F4N3O5. The number of nitrogens with zero attached hydrogens (tertiary/aromatic N) is 3. The predicted molar refractivity (Wildman–Crippen MR) is 172 cm³/mol. The highest BCUT2D eigenvalue weighted by atomic mass is 19.4. The summed E-state index contributed by atoms with van der Waals surface area (Å²) in [5.74, 6) is -2.33. The number of benzene rings is 2. The molecule has 0 unspecified atom stereocenters. The topological polar surface area (TPSA) is 82.6 Å². The Bertz CT molecular complexity index is 1460. The highest BCUT2D eigenvalue weighted by Gasteiger charge is 2.57. The monoisotopic (exact) mass is 675 g/mol. The first-order valence-electron chi connectivity index (χ1n) is 17.0. The predicted octanol–water partition coefficient (Wildman–Crippen LogP) is 6.10. The van der Waals surface area contributed by atoms with Crippen LogP contribution < -0.4 is 9.64 Å². The van der Waals surface area contributed by atoms with Crippen molar-refractivity contribution in [3.8, 4) is 5.75 Å². The van der Waals surface area contributed by atoms with Gasteiger partial charge in [0.15, 0.2) is 0 Å². The average molecular weight is 676 g/mol. The van der Waals surface area contributed by atoms with Crippen molar-refractivity contribution in [2.24, 2.45) is 5.92 Å². The van der Waals surface area contributed by atoms with Crippen molar-refractivity contribution in [1.29, 1.82) is 0 Å². The summed E-state index contributed by atoms with van der Waals surface area (Å²) in [6, 6.07) is 11.1. The number of anilines is 1. The highest BCUT2D eigenvalue weighted by Crippen LogP contribution is 2.46. The van der Waals surface area contributed by atoms with Crippen LogP contribution in [0.4, 0.5) is 23.2 Å². The molecule has 3 atom stereocenters. The molecule has 0 radical (unpaired) electrons. The molecule has 3 saturated heterocycles. The van der Waals surface area contributed by atoms with Crippen LogP contribution >= 0.6 is 0 Å². The number of piperidine rings is 1. The average Bonchev–Trinajstić information content (AvgIpc) is 3.73. The van der Waals surface area contributed by atoms with Crippen LogP contribution in [0.3, 0.4) is 0 Å². The Kier molecular flexibility index (Phi) is 9.95. The van der Waals surface area contributed by atoms with Crippen LogP contribution in [-0.4, -0.2) is 98.1 Å². The van der Waals surface area contributed by atoms with Crippen molar-refractivity contribution in [1.82, 2.24) is 9.80 Å². The Morgan fingerprint density at radius 3 is 2.19 bits per heavy atom. The first-order valence-corrected chi connectivity index (χ1v) is 17.0. The van der Waals surface area contributed by atoms with Gasteiger partial charge >= 0.3 is 12.1 Å². The number of alkyl halides is 4. The third kappa shape index (κ3) is 6.88. The van der Waals surface area contributed by atoms with Crippen LogP contribution in [0.25, 0.3) is 0 Å². The summed E-state index contributed by atoms with van der Waals surface area (Å²) < 4.78 is 69.8. The summed E-state index contributed by atoms with van der Waals surface area (Å²) in [6.07, 6.45) is 0.308. The van der Waals surface area contributed by atoms with Crippen LogP contribution in [0.2, 0.25) is 0 Å². The zero-order valence-electron chi connectivity index (χ0n) is 27.6. The van der Waals surface area contributed by atoms with Gasteiger partial charge in [-0.15, -0.1) is 0 Å². The number of carboxylic acid groups (broad SMARTS) is 1. The SMILES string of the molecule is COc1ccc([C@@H]2CN([C@H]3CC[C@H](OC)CC3)C[C@@]2(F)C(=O)N2CC[C@@H](c3ccc(C(F)(F)F)cc3N3CCC(C(=O)O)CC3)C2)cc1. The number of carbonyl (C=O) groups is 2. The molecule has 2 aromatic rings. The number of rotatable bonds is 8. The molecule has 0 aromatic heterocycles. The van der Waals surface area contributed by atoms with Gasteiger partial charge in [0.2, 0.25) is 5.67 Å². The van der Waals surface area contributed by atoms with E-state index in [0.29, 0.717) is 62.4 Å². The van der Waals surface area contributed by atoms with Crippen LogP contribution in [-0.2, 0) is 20.5 Å². The number of hydrogen-bond acceptors (Lipinski definition) is 6. The Morgan fingerprint density at radius 2 is 1.58 bits per heavy atom. The minimum atomic E-state index is -4.54. The van der Waals surface area contributed by atoms with E-state index in [1.165, 1.54) is 6.07 Å². The number of aliphatic carboxylic acids is 1. The summed E-state index contributed by atoms with van der Waals surface area (Å²) in [5, 5.41) is 9.44. The second kappa shape index (κ2) is 13.9. The Balaban J connectivity index is 1.24. The summed E-state index contributed by atoms with van der Waals surface area (Å²) in [4.78, 5) is 31.4. The molecule has 0 bridgehead atoms. The van der Waals surface area contributed by atoms with Gasteiger partial charge in [-0.25, -0.2) is 4.39 Å². The fourth-order valence-electron chi connectivity index (χ4n) is 8.36. The van der Waals surface area contributed by atoms with E-state index in [4.69, 9.17) is 9.47 Å². The number of carbonyl (C=O) groups excluding carboxylic acids is 1. The quantitative estimate of drug-likeness (QED) is 0.339. The first-order chi connectivity index (χ1) is 22.9. The lowest BCUT2D eigenvalue weighted by Gasteiger charge is -2.35. The van der Waals surface area contributed by atoms with Crippen molar-refractivity contribution in [3.05, 3.63) is 59.2 Å². The molecule has 3 aliphatic heterocycles. The van der Waals surface area contributed by atoms with Crippen molar-refractivity contribution in [2.75, 3.05) is 58.4 Å². The Hall–Kier alpha value is -3.38. The van der Waals surface area contributed by atoms with Gasteiger partial charge in [-0.2, -0.15) is 13.2 Å². The maximum absolute atomic E-state index is 17.6. The molecule has 12 heteroatoms. The number of ether oxygens (including phenoxy) is 2. The van der Waals surface area contributed by atoms with Crippen LogP contribution in [0.1, 0.15) is 73.5 Å². The number of amides is 1. The molecule has 1 aliphatic carbocycles. The molecule has 1 saturated carbocycles. The largest absolute Gasteiger partial charge is 0.497 e. The molecule has 2 aromatic carbocycles. The molecule has 3 heterocycles. The van der Waals surface area contributed by atoms with Crippen molar-refractivity contribution in [3.63, 3.8) is 0 Å². The van der Waals surface area contributed by atoms with Crippen LogP contribution in [0, 0.1) is 5.92 Å². The standard InChI is InChI=1S/C36H45F4N3O5/c1-47-28-8-3-23(4-9-28)31-21-43(27-6-10-29(48-2)11-7-27)22-35(31,37)34(46)42-18-15-25(20-42)30-12-5-26(36(38,39)40)19-32(30)41-16-13-24(14-17-41)33(44)45/h3-5,8-9,12,19,24-25,27,29,31H,6-7,10-11,13-18,20-22H2,1-2H3,(H,44,45)/t25-,27-,29-,31+,35+/m1/s1. The maximum atomic E-state index is 17.6. The number of hydrogen-bond donors (Lipinski definition) is 1. The normalized spacial score (nSPS) is 29.0. The van der Waals surface area contributed by atoms with Gasteiger partial charge in [0.1, 0.15) is 5.75 Å². The minimum absolute atomic E-state index is 0.0178. The van der Waals surface area contributed by atoms with Crippen molar-refractivity contribution < 1.29 is 41.7 Å². The molecule has 6 rings (SSSR count). The lowest BCUT2D eigenvalue weighted by Crippen LogP contribution is -2.50. The molecule has 8 nitrogen and oxygen atoms in total. The third-order valence-corrected chi connectivity index (χ3v) is 11.2. The van der Waals surface area contributed by atoms with Gasteiger partial charge in [-0.05, 0) is 80.3 Å². The summed E-state index contributed by atoms with van der Waals surface area (Å²) in [6.45, 7) is 1.52. The van der Waals surface area contributed by atoms with Gasteiger partial charge in [-0.3, -0.25) is 14.5 Å². The van der Waals surface area contributed by atoms with Crippen molar-refractivity contribution >= 4 is 17.6 Å². The number of carboxylic acids is 1. The summed E-state index contributed by atoms with van der Waals surface area (Å²) >= 11 is 0. The molecule has 4 fully saturated rings. The molecular weight excluding hydrogens is 630 g/mol. The van der Waals surface area contributed by atoms with Gasteiger partial charge in [0, 0.05) is 69.9 Å². The maximum Gasteiger partial charge on any atom is 0.416 e. The highest BCUT2D eigenvalue weighted by molar-refractivity contribution is 5.88. The fourth-order valence-corrected chi connectivity index (χ4v) is 8.36. The van der Waals surface area contributed by atoms with E-state index < -0.39 is 41.1 Å². The summed E-state index contributed by atoms with van der Waals surface area (Å²) in [7, 11) is 3.28. The lowest BCUT2D eigenvalue weighted by molar-refractivity contribution is -0.143. The van der Waals surface area contributed by atoms with E-state index >= 15 is 4.39 Å². The van der Waals surface area contributed by atoms with E-state index in [1.807, 2.05) is 17.0 Å². The molecule has 1 amide bonds. The van der Waals surface area contributed by atoms with Crippen LogP contribution in [0.15, 0.2) is 42.5 Å². The van der Waals surface area contributed by atoms with Gasteiger partial charge < -0.3 is 24.4 Å². The molecule has 4 aliphatic rings. The molecule has 0 spiro atoms. The first kappa shape index (κ1) is 34.5.